The Kier molecular flexibility index (Phi) is 4.71. The zero-order chi connectivity index (χ0) is 12.1. The van der Waals surface area contributed by atoms with Crippen LogP contribution in [0.1, 0.15) is 9.67 Å². The van der Waals surface area contributed by atoms with E-state index in [1.54, 1.807) is 5.51 Å². The molecule has 0 bridgehead atoms. The number of primary amides is 1. The highest BCUT2D eigenvalue weighted by molar-refractivity contribution is 7.11. The van der Waals surface area contributed by atoms with Crippen LogP contribution >= 0.6 is 11.3 Å². The van der Waals surface area contributed by atoms with Gasteiger partial charge in [0.1, 0.15) is 4.88 Å². The maximum atomic E-state index is 10.6. The standard InChI is InChI=1S/C4H4N2OS.C2HF3O2/c5-4(7)3-1-6-2-8-3;3-2(4,5)1(6)7/h1-2H,(H2,5,7);(H,6,7). The number of nitrogens with two attached hydrogens (primary N) is 1. The second kappa shape index (κ2) is 5.29. The number of hydrogen-bond donors (Lipinski definition) is 2. The number of carboxylic acid groups (broad SMARTS) is 1. The first-order chi connectivity index (χ1) is 6.75. The van der Waals surface area contributed by atoms with E-state index < -0.39 is 18.1 Å². The zero-order valence-electron chi connectivity index (χ0n) is 6.99. The molecule has 0 aliphatic carbocycles. The first kappa shape index (κ1) is 13.4. The number of carbonyl (C=O) groups excluding carboxylic acids is 1. The second-order valence-electron chi connectivity index (χ2n) is 2.03. The Morgan fingerprint density at radius 3 is 2.07 bits per heavy atom. The summed E-state index contributed by atoms with van der Waals surface area (Å²) in [5.74, 6) is -3.17. The van der Waals surface area contributed by atoms with E-state index in [-0.39, 0.29) is 0 Å². The van der Waals surface area contributed by atoms with Gasteiger partial charge in [-0.25, -0.2) is 4.79 Å². The van der Waals surface area contributed by atoms with Crippen molar-refractivity contribution in [3.63, 3.8) is 0 Å². The van der Waals surface area contributed by atoms with Gasteiger partial charge in [-0.15, -0.1) is 11.3 Å². The van der Waals surface area contributed by atoms with Crippen molar-refractivity contribution in [2.75, 3.05) is 0 Å². The number of halogens is 3. The Bertz CT molecular complexity index is 336. The van der Waals surface area contributed by atoms with Crippen LogP contribution in [0.25, 0.3) is 0 Å². The van der Waals surface area contributed by atoms with Crippen LogP contribution in [-0.4, -0.2) is 28.1 Å². The molecule has 0 spiro atoms. The fourth-order valence-electron chi connectivity index (χ4n) is 0.337. The molecule has 1 rings (SSSR count). The average Bonchev–Trinajstić information content (AvgIpc) is 2.54. The Morgan fingerprint density at radius 2 is 1.93 bits per heavy atom. The van der Waals surface area contributed by atoms with Crippen molar-refractivity contribution in [2.45, 2.75) is 6.18 Å². The molecule has 0 aliphatic heterocycles. The molecule has 3 N–H and O–H groups in total. The summed E-state index contributed by atoms with van der Waals surface area (Å²) >= 11 is 1.25. The molecular weight excluding hydrogens is 237 g/mol. The molecule has 0 saturated heterocycles. The van der Waals surface area contributed by atoms with E-state index in [1.165, 1.54) is 17.5 Å². The molecule has 0 aromatic carbocycles. The van der Waals surface area contributed by atoms with Gasteiger partial charge in [0.05, 0.1) is 11.7 Å². The van der Waals surface area contributed by atoms with Gasteiger partial charge in [0.25, 0.3) is 5.91 Å². The molecule has 9 heteroatoms. The van der Waals surface area contributed by atoms with Gasteiger partial charge in [0.2, 0.25) is 0 Å². The predicted octanol–water partition coefficient (Wildman–Crippen LogP) is 0.875. The SMILES string of the molecule is NC(=O)c1cncs1.O=C(O)C(F)(F)F. The van der Waals surface area contributed by atoms with E-state index in [0.717, 1.165) is 0 Å². The van der Waals surface area contributed by atoms with Gasteiger partial charge in [-0.2, -0.15) is 13.2 Å². The van der Waals surface area contributed by atoms with Crippen molar-refractivity contribution in [3.8, 4) is 0 Å². The number of rotatable bonds is 1. The Balaban J connectivity index is 0.000000265. The van der Waals surface area contributed by atoms with Crippen LogP contribution in [0, 0.1) is 0 Å². The molecule has 0 fully saturated rings. The number of aromatic nitrogens is 1. The fourth-order valence-corrected chi connectivity index (χ4v) is 0.811. The highest BCUT2D eigenvalue weighted by atomic mass is 32.1. The lowest BCUT2D eigenvalue weighted by atomic mass is 10.5. The Morgan fingerprint density at radius 1 is 1.47 bits per heavy atom. The summed E-state index contributed by atoms with van der Waals surface area (Å²) in [6.07, 6.45) is -3.63. The molecule has 0 aliphatic rings. The summed E-state index contributed by atoms with van der Waals surface area (Å²) in [5.41, 5.74) is 6.46. The molecule has 1 amide bonds. The van der Waals surface area contributed by atoms with Crippen LogP contribution in [0.5, 0.6) is 0 Å². The van der Waals surface area contributed by atoms with E-state index in [2.05, 4.69) is 4.98 Å². The van der Waals surface area contributed by atoms with E-state index in [4.69, 9.17) is 15.6 Å². The summed E-state index contributed by atoms with van der Waals surface area (Å²) in [7, 11) is 0. The van der Waals surface area contributed by atoms with Crippen LogP contribution < -0.4 is 5.73 Å². The van der Waals surface area contributed by atoms with Crippen molar-refractivity contribution in [3.05, 3.63) is 16.6 Å². The highest BCUT2D eigenvalue weighted by Gasteiger charge is 2.38. The minimum Gasteiger partial charge on any atom is -0.475 e. The third kappa shape index (κ3) is 5.62. The van der Waals surface area contributed by atoms with Gasteiger partial charge in [-0.05, 0) is 0 Å². The van der Waals surface area contributed by atoms with E-state index in [1.807, 2.05) is 0 Å². The monoisotopic (exact) mass is 242 g/mol. The van der Waals surface area contributed by atoms with Crippen LogP contribution in [0.4, 0.5) is 13.2 Å². The third-order valence-electron chi connectivity index (χ3n) is 0.918. The molecule has 1 aromatic heterocycles. The Hall–Kier alpha value is -1.64. The topological polar surface area (TPSA) is 93.3 Å². The summed E-state index contributed by atoms with van der Waals surface area (Å²) in [5, 5.41) is 7.12. The summed E-state index contributed by atoms with van der Waals surface area (Å²) in [4.78, 5) is 23.3. The summed E-state index contributed by atoms with van der Waals surface area (Å²) < 4.78 is 31.7. The van der Waals surface area contributed by atoms with Gasteiger partial charge in [-0.1, -0.05) is 0 Å². The number of aliphatic carboxylic acids is 1. The first-order valence-corrected chi connectivity index (χ1v) is 4.11. The lowest BCUT2D eigenvalue weighted by Gasteiger charge is -1.93. The fraction of sp³-hybridized carbons (Fsp3) is 0.167. The van der Waals surface area contributed by atoms with E-state index in [9.17, 15) is 18.0 Å². The average molecular weight is 242 g/mol. The molecule has 15 heavy (non-hydrogen) atoms. The smallest absolute Gasteiger partial charge is 0.475 e. The van der Waals surface area contributed by atoms with Crippen molar-refractivity contribution in [1.29, 1.82) is 0 Å². The van der Waals surface area contributed by atoms with Crippen molar-refractivity contribution in [2.24, 2.45) is 5.73 Å². The predicted molar refractivity (Wildman–Crippen MR) is 44.3 cm³/mol. The molecule has 84 valence electrons. The Labute approximate surface area is 85.3 Å². The molecule has 5 nitrogen and oxygen atoms in total. The van der Waals surface area contributed by atoms with Crippen molar-refractivity contribution >= 4 is 23.2 Å². The molecule has 1 aromatic rings. The molecule has 0 atom stereocenters. The van der Waals surface area contributed by atoms with E-state index >= 15 is 0 Å². The lowest BCUT2D eigenvalue weighted by molar-refractivity contribution is -0.192. The quantitative estimate of drug-likeness (QED) is 0.764. The van der Waals surface area contributed by atoms with Gasteiger partial charge >= 0.3 is 12.1 Å². The number of nitrogens with zero attached hydrogens (tertiary/aromatic N) is 1. The molecule has 0 radical (unpaired) electrons. The maximum Gasteiger partial charge on any atom is 0.490 e. The van der Waals surface area contributed by atoms with Gasteiger partial charge in [0, 0.05) is 0 Å². The molecular formula is C6H5F3N2O3S. The molecule has 0 saturated carbocycles. The van der Waals surface area contributed by atoms with E-state index in [0.29, 0.717) is 4.88 Å². The second-order valence-corrected chi connectivity index (χ2v) is 2.92. The minimum absolute atomic E-state index is 0.410. The lowest BCUT2D eigenvalue weighted by Crippen LogP contribution is -2.21. The molecule has 0 unspecified atom stereocenters. The van der Waals surface area contributed by atoms with Crippen molar-refractivity contribution in [1.82, 2.24) is 4.98 Å². The number of hydrogen-bond acceptors (Lipinski definition) is 4. The van der Waals surface area contributed by atoms with Crippen LogP contribution in [-0.2, 0) is 4.79 Å². The largest absolute Gasteiger partial charge is 0.490 e. The van der Waals surface area contributed by atoms with Crippen LogP contribution in [0.15, 0.2) is 11.7 Å². The normalized spacial score (nSPS) is 10.1. The third-order valence-corrected chi connectivity index (χ3v) is 1.71. The molecule has 1 heterocycles. The highest BCUT2D eigenvalue weighted by Crippen LogP contribution is 2.13. The first-order valence-electron chi connectivity index (χ1n) is 3.23. The number of carboxylic acids is 1. The zero-order valence-corrected chi connectivity index (χ0v) is 7.80. The van der Waals surface area contributed by atoms with Gasteiger partial charge in [-0.3, -0.25) is 9.78 Å². The van der Waals surface area contributed by atoms with Crippen molar-refractivity contribution < 1.29 is 27.9 Å². The number of alkyl halides is 3. The number of carbonyl (C=O) groups is 2. The van der Waals surface area contributed by atoms with Gasteiger partial charge in [0.15, 0.2) is 0 Å². The number of thiazole rings is 1. The van der Waals surface area contributed by atoms with Gasteiger partial charge < -0.3 is 10.8 Å². The number of amides is 1. The minimum atomic E-state index is -5.08. The van der Waals surface area contributed by atoms with Crippen LogP contribution in [0.3, 0.4) is 0 Å². The maximum absolute atomic E-state index is 10.6. The summed E-state index contributed by atoms with van der Waals surface area (Å²) in [6.45, 7) is 0. The summed E-state index contributed by atoms with van der Waals surface area (Å²) in [6, 6.07) is 0. The van der Waals surface area contributed by atoms with Crippen LogP contribution in [0.2, 0.25) is 0 Å².